The molecule has 0 aliphatic heterocycles. The van der Waals surface area contributed by atoms with Gasteiger partial charge in [-0.2, -0.15) is 0 Å². The highest BCUT2D eigenvalue weighted by molar-refractivity contribution is 5.93. The Labute approximate surface area is 177 Å². The molecule has 4 saturated carbocycles. The number of nitrogens with zero attached hydrogens (tertiary/aromatic N) is 1. The molecule has 4 bridgehead atoms. The van der Waals surface area contributed by atoms with Crippen molar-refractivity contribution in [3.05, 3.63) is 41.3 Å². The molecule has 6 nitrogen and oxygen atoms in total. The van der Waals surface area contributed by atoms with Gasteiger partial charge in [0, 0.05) is 6.54 Å². The summed E-state index contributed by atoms with van der Waals surface area (Å²) in [6.45, 7) is 2.76. The number of nitrogens with one attached hydrogen (secondary N) is 1. The maximum Gasteiger partial charge on any atom is 0.273 e. The van der Waals surface area contributed by atoms with Crippen molar-refractivity contribution in [3.8, 4) is 11.5 Å². The van der Waals surface area contributed by atoms with Crippen molar-refractivity contribution in [1.29, 1.82) is 0 Å². The Hall–Kier alpha value is -2.50. The Balaban J connectivity index is 1.25. The van der Waals surface area contributed by atoms with Crippen LogP contribution in [0.2, 0.25) is 0 Å². The van der Waals surface area contributed by atoms with E-state index in [0.29, 0.717) is 28.5 Å². The van der Waals surface area contributed by atoms with Gasteiger partial charge >= 0.3 is 0 Å². The van der Waals surface area contributed by atoms with Crippen molar-refractivity contribution in [2.75, 3.05) is 13.7 Å². The van der Waals surface area contributed by atoms with Crippen LogP contribution in [0.5, 0.6) is 11.5 Å². The second-order valence-electron chi connectivity index (χ2n) is 9.61. The Morgan fingerprint density at radius 1 is 1.13 bits per heavy atom. The molecular weight excluding hydrogens is 380 g/mol. The van der Waals surface area contributed by atoms with E-state index in [1.165, 1.54) is 38.5 Å². The number of hydrogen-bond acceptors (Lipinski definition) is 5. The van der Waals surface area contributed by atoms with Crippen molar-refractivity contribution >= 4 is 5.91 Å². The van der Waals surface area contributed by atoms with Crippen LogP contribution in [-0.2, 0) is 6.61 Å². The van der Waals surface area contributed by atoms with E-state index in [2.05, 4.69) is 10.5 Å². The zero-order chi connectivity index (χ0) is 20.7. The fourth-order valence-electron chi connectivity index (χ4n) is 6.49. The lowest BCUT2D eigenvalue weighted by molar-refractivity contribution is -0.0503. The molecule has 30 heavy (non-hydrogen) atoms. The molecule has 0 saturated heterocycles. The minimum Gasteiger partial charge on any atom is -0.493 e. The van der Waals surface area contributed by atoms with Gasteiger partial charge < -0.3 is 19.3 Å². The average molecular weight is 411 g/mol. The van der Waals surface area contributed by atoms with Crippen LogP contribution in [0.25, 0.3) is 0 Å². The van der Waals surface area contributed by atoms with Crippen LogP contribution in [-0.4, -0.2) is 24.7 Å². The smallest absolute Gasteiger partial charge is 0.273 e. The Bertz CT molecular complexity index is 900. The summed E-state index contributed by atoms with van der Waals surface area (Å²) in [5.74, 6) is 4.32. The number of aromatic nitrogens is 1. The summed E-state index contributed by atoms with van der Waals surface area (Å²) in [6, 6.07) is 7.46. The first kappa shape index (κ1) is 19.5. The molecule has 0 radical (unpaired) electrons. The summed E-state index contributed by atoms with van der Waals surface area (Å²) in [4.78, 5) is 13.0. The molecule has 0 atom stereocenters. The molecule has 0 spiro atoms. The van der Waals surface area contributed by atoms with Gasteiger partial charge in [0.05, 0.1) is 12.7 Å². The summed E-state index contributed by atoms with van der Waals surface area (Å²) in [6.07, 6.45) is 8.00. The molecule has 0 unspecified atom stereocenters. The lowest BCUT2D eigenvalue weighted by atomic mass is 9.49. The van der Waals surface area contributed by atoms with Crippen molar-refractivity contribution < 1.29 is 18.8 Å². The first-order valence-corrected chi connectivity index (χ1v) is 11.0. The lowest BCUT2D eigenvalue weighted by Crippen LogP contribution is -2.51. The molecule has 1 aromatic carbocycles. The number of carbonyl (C=O) groups is 1. The molecule has 6 heteroatoms. The van der Waals surface area contributed by atoms with Crippen molar-refractivity contribution in [3.63, 3.8) is 0 Å². The molecule has 1 N–H and O–H groups in total. The Morgan fingerprint density at radius 3 is 2.40 bits per heavy atom. The van der Waals surface area contributed by atoms with Crippen LogP contribution in [0.15, 0.2) is 28.8 Å². The van der Waals surface area contributed by atoms with Crippen LogP contribution in [0.3, 0.4) is 0 Å². The standard InChI is InChI=1S/C24H30N2O4/c1-15-19(13-29-21-6-4-3-5-20(21)28-2)22(26-30-15)23(27)25-14-24-10-16-7-17(11-24)9-18(8-16)12-24/h3-6,16-18H,7-14H2,1-2H3,(H,25,27). The molecule has 1 heterocycles. The van der Waals surface area contributed by atoms with E-state index < -0.39 is 0 Å². The van der Waals surface area contributed by atoms with E-state index in [-0.39, 0.29) is 17.9 Å². The molecule has 6 rings (SSSR count). The first-order valence-electron chi connectivity index (χ1n) is 11.0. The van der Waals surface area contributed by atoms with Gasteiger partial charge in [-0.3, -0.25) is 4.79 Å². The zero-order valence-corrected chi connectivity index (χ0v) is 17.8. The van der Waals surface area contributed by atoms with Gasteiger partial charge in [0.2, 0.25) is 0 Å². The monoisotopic (exact) mass is 410 g/mol. The van der Waals surface area contributed by atoms with Gasteiger partial charge in [-0.25, -0.2) is 0 Å². The van der Waals surface area contributed by atoms with E-state index in [1.807, 2.05) is 31.2 Å². The summed E-state index contributed by atoms with van der Waals surface area (Å²) in [5, 5.41) is 7.23. The predicted molar refractivity (Wildman–Crippen MR) is 112 cm³/mol. The van der Waals surface area contributed by atoms with Gasteiger partial charge in [0.1, 0.15) is 12.4 Å². The first-order chi connectivity index (χ1) is 14.5. The van der Waals surface area contributed by atoms with Gasteiger partial charge in [-0.1, -0.05) is 17.3 Å². The molecule has 1 amide bonds. The van der Waals surface area contributed by atoms with Crippen LogP contribution >= 0.6 is 0 Å². The third-order valence-electron chi connectivity index (χ3n) is 7.43. The molecule has 4 aliphatic rings. The fraction of sp³-hybridized carbons (Fsp3) is 0.583. The Morgan fingerprint density at radius 2 is 1.77 bits per heavy atom. The molecule has 4 fully saturated rings. The zero-order valence-electron chi connectivity index (χ0n) is 17.8. The lowest BCUT2D eigenvalue weighted by Gasteiger charge is -2.56. The third-order valence-corrected chi connectivity index (χ3v) is 7.43. The van der Waals surface area contributed by atoms with E-state index in [0.717, 1.165) is 24.3 Å². The van der Waals surface area contributed by atoms with Gasteiger partial charge in [0.15, 0.2) is 17.2 Å². The second kappa shape index (κ2) is 7.64. The molecule has 4 aliphatic carbocycles. The molecule has 2 aromatic rings. The number of carbonyl (C=O) groups excluding carboxylic acids is 1. The number of amides is 1. The SMILES string of the molecule is COc1ccccc1OCc1c(C(=O)NCC23CC4CC(CC(C4)C2)C3)noc1C. The summed E-state index contributed by atoms with van der Waals surface area (Å²) < 4.78 is 16.6. The Kier molecular flexibility index (Phi) is 4.95. The third kappa shape index (κ3) is 3.57. The summed E-state index contributed by atoms with van der Waals surface area (Å²) in [5.41, 5.74) is 1.30. The largest absolute Gasteiger partial charge is 0.493 e. The van der Waals surface area contributed by atoms with Crippen LogP contribution in [0, 0.1) is 30.1 Å². The van der Waals surface area contributed by atoms with Crippen LogP contribution < -0.4 is 14.8 Å². The van der Waals surface area contributed by atoms with E-state index in [9.17, 15) is 4.79 Å². The fourth-order valence-corrected chi connectivity index (χ4v) is 6.49. The molecular formula is C24H30N2O4. The minimum absolute atomic E-state index is 0.166. The second-order valence-corrected chi connectivity index (χ2v) is 9.61. The highest BCUT2D eigenvalue weighted by Crippen LogP contribution is 2.59. The number of methoxy groups -OCH3 is 1. The maximum absolute atomic E-state index is 13.0. The highest BCUT2D eigenvalue weighted by atomic mass is 16.5. The number of para-hydroxylation sites is 2. The summed E-state index contributed by atoms with van der Waals surface area (Å²) >= 11 is 0. The number of benzene rings is 1. The van der Waals surface area contributed by atoms with Crippen molar-refractivity contribution in [2.45, 2.75) is 52.1 Å². The quantitative estimate of drug-likeness (QED) is 0.727. The highest BCUT2D eigenvalue weighted by Gasteiger charge is 2.50. The topological polar surface area (TPSA) is 73.6 Å². The van der Waals surface area contributed by atoms with Gasteiger partial charge in [0.25, 0.3) is 5.91 Å². The maximum atomic E-state index is 13.0. The molecule has 160 valence electrons. The number of aryl methyl sites for hydroxylation is 1. The predicted octanol–water partition coefficient (Wildman–Crippen LogP) is 4.52. The van der Waals surface area contributed by atoms with Crippen LogP contribution in [0.1, 0.15) is 60.3 Å². The van der Waals surface area contributed by atoms with E-state index >= 15 is 0 Å². The van der Waals surface area contributed by atoms with Gasteiger partial charge in [-0.05, 0) is 80.8 Å². The number of hydrogen-bond donors (Lipinski definition) is 1. The minimum atomic E-state index is -0.166. The van der Waals surface area contributed by atoms with Gasteiger partial charge in [-0.15, -0.1) is 0 Å². The average Bonchev–Trinajstić information content (AvgIpc) is 3.10. The van der Waals surface area contributed by atoms with E-state index in [4.69, 9.17) is 14.0 Å². The normalized spacial score (nSPS) is 29.1. The van der Waals surface area contributed by atoms with E-state index in [1.54, 1.807) is 7.11 Å². The van der Waals surface area contributed by atoms with Crippen molar-refractivity contribution in [1.82, 2.24) is 10.5 Å². The number of rotatable bonds is 7. The van der Waals surface area contributed by atoms with Crippen molar-refractivity contribution in [2.24, 2.45) is 23.2 Å². The molecule has 1 aromatic heterocycles. The number of ether oxygens (including phenoxy) is 2. The van der Waals surface area contributed by atoms with Crippen LogP contribution in [0.4, 0.5) is 0 Å². The summed E-state index contributed by atoms with van der Waals surface area (Å²) in [7, 11) is 1.61.